The molecule has 0 saturated heterocycles. The van der Waals surface area contributed by atoms with Crippen molar-refractivity contribution in [3.63, 3.8) is 0 Å². The van der Waals surface area contributed by atoms with Crippen LogP contribution in [-0.2, 0) is 21.2 Å². The molecule has 0 aliphatic heterocycles. The number of rotatable bonds is 6. The Hall–Kier alpha value is -2.19. The van der Waals surface area contributed by atoms with Crippen LogP contribution in [0, 0.1) is 12.8 Å². The van der Waals surface area contributed by atoms with Gasteiger partial charge in [-0.2, -0.15) is 0 Å². The zero-order valence-electron chi connectivity index (χ0n) is 17.4. The van der Waals surface area contributed by atoms with Crippen molar-refractivity contribution in [2.24, 2.45) is 5.92 Å². The fourth-order valence-electron chi connectivity index (χ4n) is 3.81. The Morgan fingerprint density at radius 2 is 1.93 bits per heavy atom. The van der Waals surface area contributed by atoms with Crippen molar-refractivity contribution in [2.45, 2.75) is 70.7 Å². The molecule has 1 aromatic heterocycles. The summed E-state index contributed by atoms with van der Waals surface area (Å²) in [5.74, 6) is 0.600. The molecule has 8 heteroatoms. The quantitative estimate of drug-likeness (QED) is 0.736. The van der Waals surface area contributed by atoms with Crippen molar-refractivity contribution < 1.29 is 17.7 Å². The fourth-order valence-corrected chi connectivity index (χ4v) is 5.39. The number of nitrogens with one attached hydrogen (secondary N) is 2. The molecule has 0 bridgehead atoms. The maximum atomic E-state index is 13.1. The van der Waals surface area contributed by atoms with Gasteiger partial charge in [-0.1, -0.05) is 31.1 Å². The number of aromatic nitrogens is 1. The maximum Gasteiger partial charge on any atom is 0.241 e. The van der Waals surface area contributed by atoms with Gasteiger partial charge in [-0.15, -0.1) is 0 Å². The van der Waals surface area contributed by atoms with Crippen molar-refractivity contribution >= 4 is 21.8 Å². The smallest absolute Gasteiger partial charge is 0.241 e. The monoisotopic (exact) mass is 419 g/mol. The minimum atomic E-state index is -3.67. The molecule has 158 valence electrons. The van der Waals surface area contributed by atoms with Gasteiger partial charge in [0, 0.05) is 13.0 Å². The van der Waals surface area contributed by atoms with E-state index in [1.165, 1.54) is 6.92 Å². The zero-order chi connectivity index (χ0) is 21.2. The van der Waals surface area contributed by atoms with Crippen LogP contribution in [0.3, 0.4) is 0 Å². The van der Waals surface area contributed by atoms with Gasteiger partial charge < -0.3 is 4.52 Å². The van der Waals surface area contributed by atoms with Gasteiger partial charge in [0.25, 0.3) is 0 Å². The topological polar surface area (TPSA) is 101 Å². The second-order valence-electron chi connectivity index (χ2n) is 7.93. The lowest BCUT2D eigenvalue weighted by Gasteiger charge is -2.27. The Morgan fingerprint density at radius 1 is 1.24 bits per heavy atom. The Morgan fingerprint density at radius 3 is 2.55 bits per heavy atom. The molecule has 3 rings (SSSR count). The first-order valence-corrected chi connectivity index (χ1v) is 11.6. The van der Waals surface area contributed by atoms with Gasteiger partial charge in [0.05, 0.1) is 16.2 Å². The second kappa shape index (κ2) is 8.67. The lowest BCUT2D eigenvalue weighted by molar-refractivity contribution is -0.114. The van der Waals surface area contributed by atoms with Crippen LogP contribution < -0.4 is 10.0 Å². The molecule has 2 aromatic rings. The highest BCUT2D eigenvalue weighted by Crippen LogP contribution is 2.34. The normalized spacial score (nSPS) is 19.9. The minimum absolute atomic E-state index is 0.0315. The molecular weight excluding hydrogens is 390 g/mol. The number of carbonyl (C=O) groups excluding carboxylic acids is 1. The van der Waals surface area contributed by atoms with Gasteiger partial charge >= 0.3 is 0 Å². The van der Waals surface area contributed by atoms with Crippen LogP contribution in [0.2, 0.25) is 0 Å². The van der Waals surface area contributed by atoms with Crippen LogP contribution in [0.25, 0.3) is 11.1 Å². The van der Waals surface area contributed by atoms with Crippen LogP contribution in [-0.4, -0.2) is 25.5 Å². The molecule has 1 amide bonds. The molecule has 0 unspecified atom stereocenters. The molecule has 0 spiro atoms. The van der Waals surface area contributed by atoms with E-state index in [1.807, 2.05) is 13.0 Å². The molecule has 1 aromatic carbocycles. The van der Waals surface area contributed by atoms with Crippen LogP contribution in [0.5, 0.6) is 0 Å². The van der Waals surface area contributed by atoms with Crippen molar-refractivity contribution in [1.82, 2.24) is 9.88 Å². The van der Waals surface area contributed by atoms with Gasteiger partial charge in [-0.05, 0) is 62.1 Å². The van der Waals surface area contributed by atoms with Crippen LogP contribution >= 0.6 is 0 Å². The van der Waals surface area contributed by atoms with Crippen molar-refractivity contribution in [3.8, 4) is 11.1 Å². The molecule has 1 heterocycles. The SMILES string of the molecule is CCc1noc(NC(C)=O)c1-c1ccc(C)c(S(=O)(=O)NC2CCC(C)CC2)c1. The summed E-state index contributed by atoms with van der Waals surface area (Å²) < 4.78 is 34.4. The van der Waals surface area contributed by atoms with E-state index in [-0.39, 0.29) is 22.7 Å². The predicted octanol–water partition coefficient (Wildman–Crippen LogP) is 4.03. The highest BCUT2D eigenvalue weighted by molar-refractivity contribution is 7.89. The lowest BCUT2D eigenvalue weighted by Crippen LogP contribution is -2.37. The van der Waals surface area contributed by atoms with Crippen LogP contribution in [0.1, 0.15) is 57.7 Å². The molecular formula is C21H29N3O4S. The molecule has 1 fully saturated rings. The highest BCUT2D eigenvalue weighted by atomic mass is 32.2. The standard InChI is InChI=1S/C21H29N3O4S/c1-5-18-20(21(28-23-18)22-15(4)25)16-9-8-14(3)19(12-16)29(26,27)24-17-10-6-13(2)7-11-17/h8-9,12-13,17,24H,5-7,10-11H2,1-4H3,(H,22,25). The Kier molecular flexibility index (Phi) is 6.43. The summed E-state index contributed by atoms with van der Waals surface area (Å²) in [6, 6.07) is 5.21. The van der Waals surface area contributed by atoms with Crippen LogP contribution in [0.4, 0.5) is 5.88 Å². The third kappa shape index (κ3) is 4.87. The van der Waals surface area contributed by atoms with Crippen LogP contribution in [0.15, 0.2) is 27.6 Å². The molecule has 1 saturated carbocycles. The number of hydrogen-bond donors (Lipinski definition) is 2. The summed E-state index contributed by atoms with van der Waals surface area (Å²) in [7, 11) is -3.67. The Labute approximate surface area is 172 Å². The van der Waals surface area contributed by atoms with E-state index in [4.69, 9.17) is 4.52 Å². The average Bonchev–Trinajstić information content (AvgIpc) is 3.05. The minimum Gasteiger partial charge on any atom is -0.337 e. The third-order valence-electron chi connectivity index (χ3n) is 5.49. The van der Waals surface area contributed by atoms with Gasteiger partial charge in [0.15, 0.2) is 0 Å². The molecule has 0 atom stereocenters. The summed E-state index contributed by atoms with van der Waals surface area (Å²) >= 11 is 0. The van der Waals surface area contributed by atoms with Gasteiger partial charge in [0.2, 0.25) is 21.8 Å². The molecule has 2 N–H and O–H groups in total. The zero-order valence-corrected chi connectivity index (χ0v) is 18.2. The summed E-state index contributed by atoms with van der Waals surface area (Å²) in [4.78, 5) is 11.8. The van der Waals surface area contributed by atoms with Gasteiger partial charge in [-0.25, -0.2) is 13.1 Å². The van der Waals surface area contributed by atoms with E-state index in [1.54, 1.807) is 19.1 Å². The molecule has 0 radical (unpaired) electrons. The highest BCUT2D eigenvalue weighted by Gasteiger charge is 2.26. The summed E-state index contributed by atoms with van der Waals surface area (Å²) in [5, 5.41) is 6.66. The second-order valence-corrected chi connectivity index (χ2v) is 9.61. The van der Waals surface area contributed by atoms with Gasteiger partial charge in [0.1, 0.15) is 0 Å². The first-order chi connectivity index (χ1) is 13.7. The van der Waals surface area contributed by atoms with E-state index in [0.29, 0.717) is 34.7 Å². The van der Waals surface area contributed by atoms with E-state index >= 15 is 0 Å². The number of sulfonamides is 1. The van der Waals surface area contributed by atoms with E-state index < -0.39 is 10.0 Å². The predicted molar refractivity (Wildman–Crippen MR) is 112 cm³/mol. The maximum absolute atomic E-state index is 13.1. The van der Waals surface area contributed by atoms with E-state index in [9.17, 15) is 13.2 Å². The largest absolute Gasteiger partial charge is 0.337 e. The molecule has 7 nitrogen and oxygen atoms in total. The number of benzene rings is 1. The fraction of sp³-hybridized carbons (Fsp3) is 0.524. The van der Waals surface area contributed by atoms with Crippen molar-refractivity contribution in [1.29, 1.82) is 0 Å². The number of carbonyl (C=O) groups is 1. The lowest BCUT2D eigenvalue weighted by atomic mass is 9.88. The third-order valence-corrected chi connectivity index (χ3v) is 7.15. The summed E-state index contributed by atoms with van der Waals surface area (Å²) in [6.07, 6.45) is 4.38. The van der Waals surface area contributed by atoms with Crippen molar-refractivity contribution in [3.05, 3.63) is 29.5 Å². The molecule has 1 aliphatic carbocycles. The number of amides is 1. The van der Waals surface area contributed by atoms with Gasteiger partial charge in [-0.3, -0.25) is 10.1 Å². The Balaban J connectivity index is 1.96. The summed E-state index contributed by atoms with van der Waals surface area (Å²) in [5.41, 5.74) is 2.59. The van der Waals surface area contributed by atoms with Crippen molar-refractivity contribution in [2.75, 3.05) is 5.32 Å². The summed E-state index contributed by atoms with van der Waals surface area (Å²) in [6.45, 7) is 7.30. The van der Waals surface area contributed by atoms with E-state index in [2.05, 4.69) is 22.1 Å². The first kappa shape index (κ1) is 21.5. The van der Waals surface area contributed by atoms with E-state index in [0.717, 1.165) is 25.7 Å². The number of aryl methyl sites for hydroxylation is 2. The molecule has 1 aliphatic rings. The number of anilines is 1. The Bertz CT molecular complexity index is 989. The average molecular weight is 420 g/mol. The number of nitrogens with zero attached hydrogens (tertiary/aromatic N) is 1. The first-order valence-electron chi connectivity index (χ1n) is 10.1. The molecule has 29 heavy (non-hydrogen) atoms. The number of hydrogen-bond acceptors (Lipinski definition) is 5.